The molecule has 5 nitrogen and oxygen atoms in total. The third-order valence-electron chi connectivity index (χ3n) is 7.88. The predicted molar refractivity (Wildman–Crippen MR) is 103 cm³/mol. The summed E-state index contributed by atoms with van der Waals surface area (Å²) in [6.07, 6.45) is 5.75. The minimum atomic E-state index is -0.842. The Kier molecular flexibility index (Phi) is 3.86. The number of carbonyl (C=O) groups excluding carboxylic acids is 1. The number of aromatic hydroxyl groups is 1. The summed E-state index contributed by atoms with van der Waals surface area (Å²) in [7, 11) is 0. The number of piperidine rings is 1. The molecule has 2 saturated heterocycles. The first-order valence-electron chi connectivity index (χ1n) is 10.5. The van der Waals surface area contributed by atoms with E-state index >= 15 is 0 Å². The Balaban J connectivity index is 1.62. The molecule has 0 aromatic heterocycles. The summed E-state index contributed by atoms with van der Waals surface area (Å²) < 4.78 is 0. The van der Waals surface area contributed by atoms with E-state index in [1.54, 1.807) is 13.0 Å². The maximum absolute atomic E-state index is 12.2. The minimum absolute atomic E-state index is 0.0918. The van der Waals surface area contributed by atoms with Crippen LogP contribution in [0.4, 0.5) is 0 Å². The topological polar surface area (TPSA) is 64.0 Å². The Labute approximate surface area is 161 Å². The zero-order valence-corrected chi connectivity index (χ0v) is 16.2. The van der Waals surface area contributed by atoms with Crippen LogP contribution < -0.4 is 0 Å². The van der Waals surface area contributed by atoms with Gasteiger partial charge in [-0.15, -0.1) is 0 Å². The van der Waals surface area contributed by atoms with Crippen LogP contribution in [0.5, 0.6) is 5.75 Å². The van der Waals surface area contributed by atoms with E-state index in [9.17, 15) is 15.0 Å². The van der Waals surface area contributed by atoms with Crippen LogP contribution in [0.25, 0.3) is 0 Å². The molecule has 2 N–H and O–H groups in total. The lowest BCUT2D eigenvalue weighted by molar-refractivity contribution is -0.149. The zero-order chi connectivity index (χ0) is 18.8. The second kappa shape index (κ2) is 5.95. The second-order valence-electron chi connectivity index (χ2n) is 9.26. The highest BCUT2D eigenvalue weighted by atomic mass is 16.3. The van der Waals surface area contributed by atoms with Gasteiger partial charge in [-0.3, -0.25) is 9.69 Å². The summed E-state index contributed by atoms with van der Waals surface area (Å²) in [4.78, 5) is 16.5. The van der Waals surface area contributed by atoms with Gasteiger partial charge < -0.3 is 15.1 Å². The molecule has 1 amide bonds. The number of nitrogens with zero attached hydrogens (tertiary/aromatic N) is 2. The van der Waals surface area contributed by atoms with Crippen molar-refractivity contribution >= 4 is 5.91 Å². The van der Waals surface area contributed by atoms with Gasteiger partial charge in [-0.25, -0.2) is 0 Å². The van der Waals surface area contributed by atoms with Gasteiger partial charge in [0.05, 0.1) is 5.60 Å². The van der Waals surface area contributed by atoms with Crippen molar-refractivity contribution in [3.8, 4) is 5.75 Å². The van der Waals surface area contributed by atoms with Crippen LogP contribution in [0.15, 0.2) is 18.2 Å². The van der Waals surface area contributed by atoms with E-state index in [2.05, 4.69) is 4.90 Å². The van der Waals surface area contributed by atoms with Crippen molar-refractivity contribution in [3.63, 3.8) is 0 Å². The Morgan fingerprint density at radius 1 is 1.19 bits per heavy atom. The molecule has 3 fully saturated rings. The Morgan fingerprint density at radius 2 is 1.93 bits per heavy atom. The highest BCUT2D eigenvalue weighted by Crippen LogP contribution is 2.56. The van der Waals surface area contributed by atoms with Crippen molar-refractivity contribution in [2.45, 2.75) is 62.5 Å². The fourth-order valence-electron chi connectivity index (χ4n) is 6.18. The van der Waals surface area contributed by atoms with Crippen molar-refractivity contribution < 1.29 is 15.0 Å². The van der Waals surface area contributed by atoms with Crippen LogP contribution in [-0.2, 0) is 16.6 Å². The third-order valence-corrected chi connectivity index (χ3v) is 7.88. The number of phenols is 1. The first-order chi connectivity index (χ1) is 12.9. The van der Waals surface area contributed by atoms with E-state index in [0.29, 0.717) is 19.5 Å². The molecule has 0 radical (unpaired) electrons. The number of likely N-dealkylation sites (tertiary alicyclic amines) is 2. The predicted octanol–water partition coefficient (Wildman–Crippen LogP) is 2.04. The highest BCUT2D eigenvalue weighted by molar-refractivity contribution is 5.73. The summed E-state index contributed by atoms with van der Waals surface area (Å²) in [6, 6.07) is 5.82. The molecule has 3 unspecified atom stereocenters. The molecular formula is C22H30N2O3. The average molecular weight is 370 g/mol. The number of rotatable bonds is 2. The number of amides is 1. The number of aliphatic hydroxyl groups is 1. The normalized spacial score (nSPS) is 35.9. The van der Waals surface area contributed by atoms with Gasteiger partial charge >= 0.3 is 0 Å². The van der Waals surface area contributed by atoms with E-state index in [1.165, 1.54) is 18.4 Å². The summed E-state index contributed by atoms with van der Waals surface area (Å²) in [6.45, 7) is 5.02. The van der Waals surface area contributed by atoms with E-state index in [1.807, 2.05) is 17.0 Å². The zero-order valence-electron chi connectivity index (χ0n) is 16.2. The fraction of sp³-hybridized carbons (Fsp3) is 0.682. The molecule has 5 rings (SSSR count). The SMILES string of the molecule is CC(=O)N1CCC23CCN(CC4CC4)C(Cc4ccc(O)cc42)C3(O)CC1. The van der Waals surface area contributed by atoms with Gasteiger partial charge in [0.2, 0.25) is 5.91 Å². The average Bonchev–Trinajstić information content (AvgIpc) is 3.44. The molecule has 1 saturated carbocycles. The van der Waals surface area contributed by atoms with Gasteiger partial charge in [-0.2, -0.15) is 0 Å². The van der Waals surface area contributed by atoms with Gasteiger partial charge in [-0.05, 0) is 74.2 Å². The second-order valence-corrected chi connectivity index (χ2v) is 9.26. The summed E-state index contributed by atoms with van der Waals surface area (Å²) in [5.41, 5.74) is 1.18. The van der Waals surface area contributed by atoms with Gasteiger partial charge in [0, 0.05) is 38.0 Å². The van der Waals surface area contributed by atoms with E-state index in [-0.39, 0.29) is 23.1 Å². The Hall–Kier alpha value is -1.59. The van der Waals surface area contributed by atoms with Crippen molar-refractivity contribution in [2.75, 3.05) is 26.2 Å². The lowest BCUT2D eigenvalue weighted by atomic mass is 9.52. The first-order valence-corrected chi connectivity index (χ1v) is 10.5. The molecular weight excluding hydrogens is 340 g/mol. The van der Waals surface area contributed by atoms with Crippen LogP contribution in [0.3, 0.4) is 0 Å². The summed E-state index contributed by atoms with van der Waals surface area (Å²) in [5, 5.41) is 22.4. The van der Waals surface area contributed by atoms with Crippen LogP contribution in [0.2, 0.25) is 0 Å². The highest BCUT2D eigenvalue weighted by Gasteiger charge is 2.63. The van der Waals surface area contributed by atoms with Crippen molar-refractivity contribution in [2.24, 2.45) is 5.92 Å². The Morgan fingerprint density at radius 3 is 2.67 bits per heavy atom. The van der Waals surface area contributed by atoms with Gasteiger partial charge in [0.1, 0.15) is 5.75 Å². The molecule has 1 aromatic carbocycles. The fourth-order valence-corrected chi connectivity index (χ4v) is 6.18. The van der Waals surface area contributed by atoms with Gasteiger partial charge in [-0.1, -0.05) is 6.07 Å². The van der Waals surface area contributed by atoms with Crippen LogP contribution in [0, 0.1) is 5.92 Å². The molecule has 4 aliphatic rings. The van der Waals surface area contributed by atoms with Crippen LogP contribution in [0.1, 0.15) is 50.2 Å². The number of phenolic OH excluding ortho intramolecular Hbond substituents is 1. The minimum Gasteiger partial charge on any atom is -0.508 e. The quantitative estimate of drug-likeness (QED) is 0.836. The molecule has 1 aromatic rings. The molecule has 2 bridgehead atoms. The number of fused-ring (bicyclic) bond motifs is 1. The first kappa shape index (κ1) is 17.5. The largest absolute Gasteiger partial charge is 0.508 e. The molecule has 146 valence electrons. The maximum Gasteiger partial charge on any atom is 0.219 e. The standard InChI is InChI=1S/C22H30N2O3/c1-15(25)23-9-6-21-7-10-24(14-16-2-3-16)20(22(21,27)8-11-23)12-17-4-5-18(26)13-19(17)21/h4-5,13,16,20,26-27H,2-3,6-12,14H2,1H3. The van der Waals surface area contributed by atoms with E-state index in [4.69, 9.17) is 0 Å². The molecule has 2 heterocycles. The van der Waals surface area contributed by atoms with Crippen molar-refractivity contribution in [1.82, 2.24) is 9.80 Å². The monoisotopic (exact) mass is 370 g/mol. The molecule has 0 spiro atoms. The smallest absolute Gasteiger partial charge is 0.219 e. The van der Waals surface area contributed by atoms with Crippen molar-refractivity contribution in [1.29, 1.82) is 0 Å². The van der Waals surface area contributed by atoms with E-state index in [0.717, 1.165) is 43.8 Å². The van der Waals surface area contributed by atoms with Crippen LogP contribution >= 0.6 is 0 Å². The number of carbonyl (C=O) groups is 1. The number of benzene rings is 1. The maximum atomic E-state index is 12.2. The third kappa shape index (κ3) is 2.54. The van der Waals surface area contributed by atoms with Crippen LogP contribution in [-0.4, -0.2) is 63.7 Å². The lowest BCUT2D eigenvalue weighted by Crippen LogP contribution is -2.71. The number of hydrogen-bond donors (Lipinski definition) is 2. The molecule has 3 atom stereocenters. The van der Waals surface area contributed by atoms with Gasteiger partial charge in [0.25, 0.3) is 0 Å². The molecule has 2 aliphatic carbocycles. The van der Waals surface area contributed by atoms with Gasteiger partial charge in [0.15, 0.2) is 0 Å². The Bertz CT molecular complexity index is 777. The lowest BCUT2D eigenvalue weighted by Gasteiger charge is -2.61. The summed E-state index contributed by atoms with van der Waals surface area (Å²) in [5.74, 6) is 1.16. The van der Waals surface area contributed by atoms with E-state index < -0.39 is 5.60 Å². The molecule has 27 heavy (non-hydrogen) atoms. The summed E-state index contributed by atoms with van der Waals surface area (Å²) >= 11 is 0. The van der Waals surface area contributed by atoms with Crippen molar-refractivity contribution in [3.05, 3.63) is 29.3 Å². The number of hydrogen-bond acceptors (Lipinski definition) is 4. The molecule has 2 aliphatic heterocycles. The molecule has 5 heteroatoms.